The van der Waals surface area contributed by atoms with Gasteiger partial charge in [-0.2, -0.15) is 0 Å². The number of aromatic nitrogens is 2. The van der Waals surface area contributed by atoms with Gasteiger partial charge >= 0.3 is 0 Å². The zero-order valence-corrected chi connectivity index (χ0v) is 15.0. The van der Waals surface area contributed by atoms with Crippen LogP contribution in [-0.4, -0.2) is 28.7 Å². The van der Waals surface area contributed by atoms with Gasteiger partial charge in [-0.3, -0.25) is 4.79 Å². The lowest BCUT2D eigenvalue weighted by atomic mass is 10.3. The number of anilines is 1. The summed E-state index contributed by atoms with van der Waals surface area (Å²) < 4.78 is 5.23. The van der Waals surface area contributed by atoms with Crippen molar-refractivity contribution in [3.05, 3.63) is 41.5 Å². The van der Waals surface area contributed by atoms with Crippen LogP contribution in [-0.2, 0) is 4.79 Å². The van der Waals surface area contributed by atoms with Crippen LogP contribution in [0.1, 0.15) is 11.3 Å². The number of carbonyl (C=O) groups is 1. The molecular weight excluding hydrogens is 342 g/mol. The van der Waals surface area contributed by atoms with Crippen LogP contribution in [0, 0.1) is 6.92 Å². The Bertz CT molecular complexity index is 864. The average molecular weight is 359 g/mol. The molecule has 0 radical (unpaired) electrons. The van der Waals surface area contributed by atoms with Crippen LogP contribution in [0.15, 0.2) is 41.7 Å². The number of amides is 1. The first kappa shape index (κ1) is 16.7. The van der Waals surface area contributed by atoms with E-state index in [0.29, 0.717) is 23.6 Å². The van der Waals surface area contributed by atoms with E-state index in [1.165, 1.54) is 4.88 Å². The molecule has 0 unspecified atom stereocenters. The summed E-state index contributed by atoms with van der Waals surface area (Å²) in [5.41, 5.74) is 0.688. The molecule has 2 heterocycles. The Kier molecular flexibility index (Phi) is 5.32. The number of aryl methyl sites for hydroxylation is 1. The zero-order valence-electron chi connectivity index (χ0n) is 13.4. The smallest absolute Gasteiger partial charge is 0.225 e. The van der Waals surface area contributed by atoms with Crippen LogP contribution >= 0.6 is 23.1 Å². The highest BCUT2D eigenvalue weighted by atomic mass is 32.2. The van der Waals surface area contributed by atoms with E-state index in [4.69, 9.17) is 4.74 Å². The van der Waals surface area contributed by atoms with Gasteiger partial charge in [0.2, 0.25) is 5.91 Å². The van der Waals surface area contributed by atoms with Gasteiger partial charge in [0.1, 0.15) is 21.9 Å². The Morgan fingerprint density at radius 3 is 3.00 bits per heavy atom. The molecule has 0 saturated heterocycles. The van der Waals surface area contributed by atoms with Gasteiger partial charge in [0, 0.05) is 22.4 Å². The monoisotopic (exact) mass is 359 g/mol. The number of thiophene rings is 1. The number of ether oxygens (including phenoxy) is 1. The van der Waals surface area contributed by atoms with Gasteiger partial charge < -0.3 is 10.1 Å². The lowest BCUT2D eigenvalue weighted by Crippen LogP contribution is -2.12. The van der Waals surface area contributed by atoms with Gasteiger partial charge in [-0.1, -0.05) is 12.1 Å². The highest BCUT2D eigenvalue weighted by Crippen LogP contribution is 2.30. The first-order chi connectivity index (χ1) is 11.7. The third kappa shape index (κ3) is 3.85. The molecule has 0 saturated carbocycles. The largest absolute Gasteiger partial charge is 0.495 e. The number of rotatable bonds is 6. The number of fused-ring (bicyclic) bond motifs is 1. The molecule has 1 aromatic carbocycles. The first-order valence-corrected chi connectivity index (χ1v) is 9.24. The van der Waals surface area contributed by atoms with E-state index in [2.05, 4.69) is 28.3 Å². The summed E-state index contributed by atoms with van der Waals surface area (Å²) in [5.74, 6) is 1.27. The van der Waals surface area contributed by atoms with Crippen molar-refractivity contribution in [3.63, 3.8) is 0 Å². The Morgan fingerprint density at radius 2 is 2.17 bits per heavy atom. The van der Waals surface area contributed by atoms with E-state index in [1.807, 2.05) is 24.3 Å². The van der Waals surface area contributed by atoms with E-state index in [1.54, 1.807) is 36.5 Å². The Hall–Kier alpha value is -2.12. The number of thioether (sulfide) groups is 1. The van der Waals surface area contributed by atoms with Gasteiger partial charge in [-0.05, 0) is 25.1 Å². The molecule has 0 spiro atoms. The number of carbonyl (C=O) groups excluding carboxylic acids is 1. The highest BCUT2D eigenvalue weighted by molar-refractivity contribution is 7.99. The van der Waals surface area contributed by atoms with Crippen LogP contribution in [0.3, 0.4) is 0 Å². The number of para-hydroxylation sites is 2. The standard InChI is InChI=1S/C17H17N3O2S2/c1-11-9-12-16(18-10-19-17(12)24-11)23-8-7-15(21)20-13-5-3-4-6-14(13)22-2/h3-6,9-10H,7-8H2,1-2H3,(H,20,21). The number of nitrogens with zero attached hydrogens (tertiary/aromatic N) is 2. The van der Waals surface area contributed by atoms with E-state index < -0.39 is 0 Å². The van der Waals surface area contributed by atoms with Crippen molar-refractivity contribution in [2.24, 2.45) is 0 Å². The van der Waals surface area contributed by atoms with Crippen LogP contribution in [0.25, 0.3) is 10.2 Å². The molecule has 0 bridgehead atoms. The molecule has 1 N–H and O–H groups in total. The minimum absolute atomic E-state index is 0.0428. The predicted molar refractivity (Wildman–Crippen MR) is 99.1 cm³/mol. The quantitative estimate of drug-likeness (QED) is 0.529. The van der Waals surface area contributed by atoms with Crippen LogP contribution in [0.2, 0.25) is 0 Å². The van der Waals surface area contributed by atoms with Gasteiger partial charge in [-0.25, -0.2) is 9.97 Å². The topological polar surface area (TPSA) is 64.1 Å². The molecule has 0 aliphatic rings. The maximum atomic E-state index is 12.1. The Balaban J connectivity index is 1.58. The Labute approximate surface area is 148 Å². The second-order valence-electron chi connectivity index (χ2n) is 5.10. The molecule has 7 heteroatoms. The normalized spacial score (nSPS) is 10.8. The van der Waals surface area contributed by atoms with Crippen LogP contribution < -0.4 is 10.1 Å². The summed E-state index contributed by atoms with van der Waals surface area (Å²) in [7, 11) is 1.59. The van der Waals surface area contributed by atoms with Gasteiger partial charge in [-0.15, -0.1) is 23.1 Å². The number of methoxy groups -OCH3 is 1. The summed E-state index contributed by atoms with van der Waals surface area (Å²) in [4.78, 5) is 22.9. The molecular formula is C17H17N3O2S2. The lowest BCUT2D eigenvalue weighted by Gasteiger charge is -2.09. The van der Waals surface area contributed by atoms with Gasteiger partial charge in [0.15, 0.2) is 0 Å². The summed E-state index contributed by atoms with van der Waals surface area (Å²) in [6.07, 6.45) is 1.98. The van der Waals surface area contributed by atoms with E-state index in [0.717, 1.165) is 15.2 Å². The van der Waals surface area contributed by atoms with Crippen molar-refractivity contribution in [3.8, 4) is 5.75 Å². The average Bonchev–Trinajstić information content (AvgIpc) is 2.96. The molecule has 0 aliphatic carbocycles. The van der Waals surface area contributed by atoms with E-state index in [-0.39, 0.29) is 5.91 Å². The minimum atomic E-state index is -0.0428. The maximum Gasteiger partial charge on any atom is 0.225 e. The van der Waals surface area contributed by atoms with Crippen molar-refractivity contribution >= 4 is 44.9 Å². The molecule has 5 nitrogen and oxygen atoms in total. The van der Waals surface area contributed by atoms with E-state index >= 15 is 0 Å². The fourth-order valence-electron chi connectivity index (χ4n) is 2.27. The molecule has 124 valence electrons. The van der Waals surface area contributed by atoms with Gasteiger partial charge in [0.25, 0.3) is 0 Å². The van der Waals surface area contributed by atoms with Crippen molar-refractivity contribution in [1.29, 1.82) is 0 Å². The van der Waals surface area contributed by atoms with Crippen molar-refractivity contribution < 1.29 is 9.53 Å². The second kappa shape index (κ2) is 7.63. The van der Waals surface area contributed by atoms with E-state index in [9.17, 15) is 4.79 Å². The molecule has 0 aliphatic heterocycles. The van der Waals surface area contributed by atoms with Crippen molar-refractivity contribution in [2.45, 2.75) is 18.4 Å². The highest BCUT2D eigenvalue weighted by Gasteiger charge is 2.10. The maximum absolute atomic E-state index is 12.1. The Morgan fingerprint density at radius 1 is 1.33 bits per heavy atom. The molecule has 24 heavy (non-hydrogen) atoms. The summed E-state index contributed by atoms with van der Waals surface area (Å²) in [6, 6.07) is 9.47. The molecule has 3 rings (SSSR count). The number of nitrogens with one attached hydrogen (secondary N) is 1. The fraction of sp³-hybridized carbons (Fsp3) is 0.235. The summed E-state index contributed by atoms with van der Waals surface area (Å²) in [5, 5.41) is 4.87. The van der Waals surface area contributed by atoms with Crippen LogP contribution in [0.5, 0.6) is 5.75 Å². The molecule has 2 aromatic heterocycles. The number of hydrogen-bond donors (Lipinski definition) is 1. The molecule has 0 fully saturated rings. The zero-order chi connectivity index (χ0) is 16.9. The number of hydrogen-bond acceptors (Lipinski definition) is 6. The molecule has 0 atom stereocenters. The third-order valence-corrected chi connectivity index (χ3v) is 5.33. The lowest BCUT2D eigenvalue weighted by molar-refractivity contribution is -0.115. The summed E-state index contributed by atoms with van der Waals surface area (Å²) in [6.45, 7) is 2.06. The molecule has 1 amide bonds. The summed E-state index contributed by atoms with van der Waals surface area (Å²) >= 11 is 3.23. The van der Waals surface area contributed by atoms with Crippen molar-refractivity contribution in [2.75, 3.05) is 18.2 Å². The molecule has 3 aromatic rings. The van der Waals surface area contributed by atoms with Gasteiger partial charge in [0.05, 0.1) is 12.8 Å². The fourth-order valence-corrected chi connectivity index (χ4v) is 4.10. The number of benzene rings is 1. The second-order valence-corrected chi connectivity index (χ2v) is 7.42. The van der Waals surface area contributed by atoms with Crippen molar-refractivity contribution in [1.82, 2.24) is 9.97 Å². The third-order valence-electron chi connectivity index (χ3n) is 3.37. The first-order valence-electron chi connectivity index (χ1n) is 7.44. The van der Waals surface area contributed by atoms with Crippen LogP contribution in [0.4, 0.5) is 5.69 Å². The SMILES string of the molecule is COc1ccccc1NC(=O)CCSc1ncnc2sc(C)cc12. The predicted octanol–water partition coefficient (Wildman–Crippen LogP) is 4.13. The minimum Gasteiger partial charge on any atom is -0.495 e.